The number of hydrogen-bond donors (Lipinski definition) is 1. The van der Waals surface area contributed by atoms with E-state index >= 15 is 0 Å². The maximum absolute atomic E-state index is 11.6. The highest BCUT2D eigenvalue weighted by Gasteiger charge is 2.34. The molecule has 0 aliphatic carbocycles. The van der Waals surface area contributed by atoms with Gasteiger partial charge in [-0.3, -0.25) is 0 Å². The summed E-state index contributed by atoms with van der Waals surface area (Å²) in [6.45, 7) is 0.798. The smallest absolute Gasteiger partial charge is 0.212 e. The van der Waals surface area contributed by atoms with Crippen LogP contribution in [0.2, 0.25) is 10.0 Å². The molecule has 0 spiro atoms. The zero-order chi connectivity index (χ0) is 14.0. The largest absolute Gasteiger partial charge is 0.381 e. The van der Waals surface area contributed by atoms with Crippen LogP contribution in [0.3, 0.4) is 0 Å². The summed E-state index contributed by atoms with van der Waals surface area (Å²) in [5, 5.41) is 5.79. The molecule has 1 aromatic carbocycles. The van der Waals surface area contributed by atoms with Crippen LogP contribution in [0.4, 0.5) is 0 Å². The Hall–Kier alpha value is -0.330. The molecule has 1 aromatic rings. The zero-order valence-corrected chi connectivity index (χ0v) is 12.5. The van der Waals surface area contributed by atoms with Gasteiger partial charge in [0, 0.05) is 22.6 Å². The molecule has 0 amide bonds. The third kappa shape index (κ3) is 3.83. The minimum atomic E-state index is -3.57. The molecule has 2 N–H and O–H groups in total. The molecule has 0 unspecified atom stereocenters. The molecule has 0 aromatic heterocycles. The summed E-state index contributed by atoms with van der Waals surface area (Å²) in [6, 6.07) is 5.19. The average molecular weight is 324 g/mol. The van der Waals surface area contributed by atoms with Gasteiger partial charge in [-0.15, -0.1) is 0 Å². The fourth-order valence-corrected chi connectivity index (χ4v) is 3.99. The average Bonchev–Trinajstić information content (AvgIpc) is 2.32. The molecule has 1 heterocycles. The first-order chi connectivity index (χ1) is 8.88. The van der Waals surface area contributed by atoms with Crippen molar-refractivity contribution in [3.05, 3.63) is 33.8 Å². The molecule has 106 valence electrons. The van der Waals surface area contributed by atoms with Gasteiger partial charge in [0.05, 0.1) is 11.9 Å². The van der Waals surface area contributed by atoms with Gasteiger partial charge in [-0.05, 0) is 30.5 Å². The van der Waals surface area contributed by atoms with E-state index in [0.717, 1.165) is 5.56 Å². The Morgan fingerprint density at radius 3 is 2.74 bits per heavy atom. The lowest BCUT2D eigenvalue weighted by molar-refractivity contribution is 0.0573. The van der Waals surface area contributed by atoms with Gasteiger partial charge in [-0.2, -0.15) is 0 Å². The highest BCUT2D eigenvalue weighted by Crippen LogP contribution is 2.28. The fraction of sp³-hybridized carbons (Fsp3) is 0.500. The molecule has 0 bridgehead atoms. The molecule has 1 aliphatic heterocycles. The van der Waals surface area contributed by atoms with Crippen molar-refractivity contribution in [1.29, 1.82) is 0 Å². The first-order valence-corrected chi connectivity index (χ1v) is 8.28. The lowest BCUT2D eigenvalue weighted by atomic mass is 9.93. The van der Waals surface area contributed by atoms with Crippen molar-refractivity contribution < 1.29 is 13.2 Å². The monoisotopic (exact) mass is 323 g/mol. The Labute approximate surface area is 122 Å². The second-order valence-corrected chi connectivity index (χ2v) is 7.32. The summed E-state index contributed by atoms with van der Waals surface area (Å²) >= 11 is 11.9. The maximum atomic E-state index is 11.6. The standard InChI is InChI=1S/C12H15Cl2NO3S/c13-10-2-1-8(11(14)6-10)5-9-7-18-4-3-12(9)19(15,16)17/h1-2,6,9,12H,3-5,7H2,(H2,15,16,17)/t9-,12-/m1/s1. The second kappa shape index (κ2) is 5.97. The van der Waals surface area contributed by atoms with Crippen molar-refractivity contribution in [2.75, 3.05) is 13.2 Å². The first-order valence-electron chi connectivity index (χ1n) is 5.91. The van der Waals surface area contributed by atoms with Gasteiger partial charge in [0.15, 0.2) is 0 Å². The summed E-state index contributed by atoms with van der Waals surface area (Å²) in [5.41, 5.74) is 0.857. The second-order valence-electron chi connectivity index (χ2n) is 4.69. The van der Waals surface area contributed by atoms with E-state index in [1.807, 2.05) is 0 Å². The minimum absolute atomic E-state index is 0.178. The molecular weight excluding hydrogens is 309 g/mol. The number of nitrogens with two attached hydrogens (primary N) is 1. The van der Waals surface area contributed by atoms with E-state index in [-0.39, 0.29) is 5.92 Å². The van der Waals surface area contributed by atoms with Crippen LogP contribution in [-0.4, -0.2) is 26.9 Å². The molecule has 19 heavy (non-hydrogen) atoms. The number of rotatable bonds is 3. The number of ether oxygens (including phenoxy) is 1. The highest BCUT2D eigenvalue weighted by atomic mass is 35.5. The SMILES string of the molecule is NS(=O)(=O)[C@@H]1CCOC[C@H]1Cc1ccc(Cl)cc1Cl. The van der Waals surface area contributed by atoms with Gasteiger partial charge in [-0.25, -0.2) is 13.6 Å². The zero-order valence-electron chi connectivity index (χ0n) is 10.2. The number of benzene rings is 1. The predicted molar refractivity (Wildman–Crippen MR) is 76.0 cm³/mol. The molecule has 2 atom stereocenters. The van der Waals surface area contributed by atoms with Crippen LogP contribution in [0.1, 0.15) is 12.0 Å². The number of halogens is 2. The van der Waals surface area contributed by atoms with Crippen molar-refractivity contribution >= 4 is 33.2 Å². The van der Waals surface area contributed by atoms with Crippen molar-refractivity contribution in [2.24, 2.45) is 11.1 Å². The third-order valence-corrected chi connectivity index (χ3v) is 5.38. The van der Waals surface area contributed by atoms with Gasteiger partial charge in [0.1, 0.15) is 0 Å². The van der Waals surface area contributed by atoms with Crippen LogP contribution >= 0.6 is 23.2 Å². The third-order valence-electron chi connectivity index (χ3n) is 3.32. The fourth-order valence-electron chi connectivity index (χ4n) is 2.37. The van der Waals surface area contributed by atoms with Gasteiger partial charge in [-0.1, -0.05) is 29.3 Å². The molecule has 1 saturated heterocycles. The van der Waals surface area contributed by atoms with Crippen molar-refractivity contribution in [3.8, 4) is 0 Å². The maximum Gasteiger partial charge on any atom is 0.212 e. The molecule has 2 rings (SSSR count). The van der Waals surface area contributed by atoms with Crippen molar-refractivity contribution in [2.45, 2.75) is 18.1 Å². The van der Waals surface area contributed by atoms with Crippen LogP contribution in [0.15, 0.2) is 18.2 Å². The topological polar surface area (TPSA) is 69.4 Å². The Balaban J connectivity index is 2.20. The predicted octanol–water partition coefficient (Wildman–Crippen LogP) is 2.23. The lowest BCUT2D eigenvalue weighted by Crippen LogP contribution is -2.42. The van der Waals surface area contributed by atoms with E-state index in [4.69, 9.17) is 33.1 Å². The molecule has 1 fully saturated rings. The quantitative estimate of drug-likeness (QED) is 0.927. The number of sulfonamides is 1. The van der Waals surface area contributed by atoms with Gasteiger partial charge < -0.3 is 4.74 Å². The van der Waals surface area contributed by atoms with Crippen LogP contribution in [0.5, 0.6) is 0 Å². The van der Waals surface area contributed by atoms with Gasteiger partial charge in [0.2, 0.25) is 10.0 Å². The summed E-state index contributed by atoms with van der Waals surface area (Å²) in [4.78, 5) is 0. The molecule has 1 aliphatic rings. The van der Waals surface area contributed by atoms with Crippen LogP contribution in [0.25, 0.3) is 0 Å². The molecule has 0 radical (unpaired) electrons. The first kappa shape index (κ1) is 15.1. The Kier molecular flexibility index (Phi) is 4.74. The molecule has 0 saturated carbocycles. The van der Waals surface area contributed by atoms with Gasteiger partial charge >= 0.3 is 0 Å². The van der Waals surface area contributed by atoms with E-state index in [1.165, 1.54) is 0 Å². The summed E-state index contributed by atoms with van der Waals surface area (Å²) in [7, 11) is -3.57. The van der Waals surface area contributed by atoms with Gasteiger partial charge in [0.25, 0.3) is 0 Å². The van der Waals surface area contributed by atoms with E-state index < -0.39 is 15.3 Å². The molecule has 4 nitrogen and oxygen atoms in total. The van der Waals surface area contributed by atoms with Crippen molar-refractivity contribution in [3.63, 3.8) is 0 Å². The number of hydrogen-bond acceptors (Lipinski definition) is 3. The van der Waals surface area contributed by atoms with Crippen LogP contribution < -0.4 is 5.14 Å². The highest BCUT2D eigenvalue weighted by molar-refractivity contribution is 7.89. The summed E-state index contributed by atoms with van der Waals surface area (Å²) in [6.07, 6.45) is 0.936. The van der Waals surface area contributed by atoms with Crippen LogP contribution in [0, 0.1) is 5.92 Å². The van der Waals surface area contributed by atoms with E-state index in [1.54, 1.807) is 18.2 Å². The van der Waals surface area contributed by atoms with E-state index in [2.05, 4.69) is 0 Å². The van der Waals surface area contributed by atoms with Crippen LogP contribution in [-0.2, 0) is 21.2 Å². The Morgan fingerprint density at radius 1 is 1.37 bits per heavy atom. The van der Waals surface area contributed by atoms with Crippen molar-refractivity contribution in [1.82, 2.24) is 0 Å². The summed E-state index contributed by atoms with van der Waals surface area (Å²) in [5.74, 6) is -0.178. The Bertz CT molecular complexity index is 562. The minimum Gasteiger partial charge on any atom is -0.381 e. The summed E-state index contributed by atoms with van der Waals surface area (Å²) < 4.78 is 28.5. The normalized spacial score (nSPS) is 24.4. The molecule has 7 heteroatoms. The van der Waals surface area contributed by atoms with E-state index in [0.29, 0.717) is 36.1 Å². The molecular formula is C12H15Cl2NO3S. The Morgan fingerprint density at radius 2 is 2.11 bits per heavy atom. The lowest BCUT2D eigenvalue weighted by Gasteiger charge is -2.30. The number of primary sulfonamides is 1. The van der Waals surface area contributed by atoms with E-state index in [9.17, 15) is 8.42 Å².